The molecule has 2 aromatic rings. The summed E-state index contributed by atoms with van der Waals surface area (Å²) < 4.78 is 8.00. The number of ether oxygens (including phenoxy) is 1. The number of fused-ring (bicyclic) bond motifs is 1. The Labute approximate surface area is 128 Å². The Bertz CT molecular complexity index is 596. The summed E-state index contributed by atoms with van der Waals surface area (Å²) in [6.07, 6.45) is -0.00797. The summed E-state index contributed by atoms with van der Waals surface area (Å²) >= 11 is 6.85. The predicted octanol–water partition coefficient (Wildman–Crippen LogP) is 4.77. The van der Waals surface area contributed by atoms with Crippen molar-refractivity contribution in [2.45, 2.75) is 18.6 Å². The highest BCUT2D eigenvalue weighted by molar-refractivity contribution is 9.10. The third kappa shape index (κ3) is 2.71. The van der Waals surface area contributed by atoms with Crippen LogP contribution in [0.5, 0.6) is 5.75 Å². The maximum atomic E-state index is 10.2. The average Bonchev–Trinajstić information content (AvgIpc) is 2.38. The SMILES string of the molecule is O[C@H]1CC(c2ccc(Br)cc2)Oc2cc(Br)ccc21. The predicted molar refractivity (Wildman–Crippen MR) is 81.2 cm³/mol. The summed E-state index contributed by atoms with van der Waals surface area (Å²) in [4.78, 5) is 0. The molecule has 1 aliphatic rings. The van der Waals surface area contributed by atoms with E-state index in [1.807, 2.05) is 42.5 Å². The van der Waals surface area contributed by atoms with Gasteiger partial charge in [-0.25, -0.2) is 0 Å². The lowest BCUT2D eigenvalue weighted by molar-refractivity contribution is 0.0657. The molecule has 0 saturated carbocycles. The molecule has 98 valence electrons. The number of halogens is 2. The number of benzene rings is 2. The first-order chi connectivity index (χ1) is 9.13. The Morgan fingerprint density at radius 2 is 1.68 bits per heavy atom. The number of hydrogen-bond donors (Lipinski definition) is 1. The van der Waals surface area contributed by atoms with Gasteiger partial charge in [0.25, 0.3) is 0 Å². The molecule has 0 aromatic heterocycles. The first-order valence-electron chi connectivity index (χ1n) is 6.03. The van der Waals surface area contributed by atoms with E-state index < -0.39 is 6.10 Å². The average molecular weight is 384 g/mol. The summed E-state index contributed by atoms with van der Waals surface area (Å²) in [7, 11) is 0. The fourth-order valence-electron chi connectivity index (χ4n) is 2.30. The van der Waals surface area contributed by atoms with Crippen LogP contribution in [0.2, 0.25) is 0 Å². The van der Waals surface area contributed by atoms with Gasteiger partial charge in [0.2, 0.25) is 0 Å². The molecule has 19 heavy (non-hydrogen) atoms. The Morgan fingerprint density at radius 3 is 2.42 bits per heavy atom. The standard InChI is InChI=1S/C15H12Br2O2/c16-10-3-1-9(2-4-10)14-8-13(18)12-6-5-11(17)7-15(12)19-14/h1-7,13-14,18H,8H2/t13-,14?/m0/s1. The van der Waals surface area contributed by atoms with E-state index in [0.717, 1.165) is 25.8 Å². The van der Waals surface area contributed by atoms with E-state index in [1.54, 1.807) is 0 Å². The molecule has 3 rings (SSSR count). The molecule has 1 heterocycles. The molecule has 2 atom stereocenters. The molecular weight excluding hydrogens is 372 g/mol. The summed E-state index contributed by atoms with van der Waals surface area (Å²) in [5, 5.41) is 10.2. The van der Waals surface area contributed by atoms with E-state index in [-0.39, 0.29) is 6.10 Å². The first-order valence-corrected chi connectivity index (χ1v) is 7.62. The Balaban J connectivity index is 1.93. The minimum absolute atomic E-state index is 0.107. The van der Waals surface area contributed by atoms with E-state index in [9.17, 15) is 5.11 Å². The van der Waals surface area contributed by atoms with Crippen molar-refractivity contribution in [1.29, 1.82) is 0 Å². The molecule has 1 aliphatic heterocycles. The highest BCUT2D eigenvalue weighted by Crippen LogP contribution is 2.41. The topological polar surface area (TPSA) is 29.5 Å². The normalized spacial score (nSPS) is 21.6. The second-order valence-corrected chi connectivity index (χ2v) is 6.42. The van der Waals surface area contributed by atoms with Gasteiger partial charge in [0.05, 0.1) is 6.10 Å². The van der Waals surface area contributed by atoms with Crippen molar-refractivity contribution in [1.82, 2.24) is 0 Å². The lowest BCUT2D eigenvalue weighted by Crippen LogP contribution is -2.18. The van der Waals surface area contributed by atoms with Crippen molar-refractivity contribution >= 4 is 31.9 Å². The van der Waals surface area contributed by atoms with Crippen molar-refractivity contribution in [3.05, 3.63) is 62.5 Å². The van der Waals surface area contributed by atoms with Crippen LogP contribution in [-0.2, 0) is 0 Å². The molecule has 1 N–H and O–H groups in total. The van der Waals surface area contributed by atoms with Crippen molar-refractivity contribution in [3.63, 3.8) is 0 Å². The summed E-state index contributed by atoms with van der Waals surface area (Å²) in [6.45, 7) is 0. The molecule has 0 amide bonds. The highest BCUT2D eigenvalue weighted by Gasteiger charge is 2.27. The molecule has 2 nitrogen and oxygen atoms in total. The van der Waals surface area contributed by atoms with Crippen molar-refractivity contribution in [2.75, 3.05) is 0 Å². The van der Waals surface area contributed by atoms with Crippen molar-refractivity contribution in [2.24, 2.45) is 0 Å². The van der Waals surface area contributed by atoms with Crippen LogP contribution in [0.1, 0.15) is 29.8 Å². The lowest BCUT2D eigenvalue weighted by Gasteiger charge is -2.30. The van der Waals surface area contributed by atoms with Crippen LogP contribution < -0.4 is 4.74 Å². The quantitative estimate of drug-likeness (QED) is 0.768. The van der Waals surface area contributed by atoms with Gasteiger partial charge in [-0.05, 0) is 29.8 Å². The van der Waals surface area contributed by atoms with Gasteiger partial charge in [-0.2, -0.15) is 0 Å². The second kappa shape index (κ2) is 5.27. The zero-order valence-corrected chi connectivity index (χ0v) is 13.2. The van der Waals surface area contributed by atoms with Gasteiger partial charge >= 0.3 is 0 Å². The van der Waals surface area contributed by atoms with E-state index in [2.05, 4.69) is 31.9 Å². The number of hydrogen-bond acceptors (Lipinski definition) is 2. The van der Waals surface area contributed by atoms with Crippen LogP contribution in [-0.4, -0.2) is 5.11 Å². The largest absolute Gasteiger partial charge is 0.485 e. The van der Waals surface area contributed by atoms with Gasteiger partial charge < -0.3 is 9.84 Å². The van der Waals surface area contributed by atoms with E-state index >= 15 is 0 Å². The highest BCUT2D eigenvalue weighted by atomic mass is 79.9. The minimum atomic E-state index is -0.481. The molecule has 2 aromatic carbocycles. The maximum absolute atomic E-state index is 10.2. The van der Waals surface area contributed by atoms with E-state index in [1.165, 1.54) is 0 Å². The van der Waals surface area contributed by atoms with E-state index in [0.29, 0.717) is 6.42 Å². The first kappa shape index (κ1) is 13.2. The zero-order chi connectivity index (χ0) is 13.4. The van der Waals surface area contributed by atoms with Crippen molar-refractivity contribution in [3.8, 4) is 5.75 Å². The fraction of sp³-hybridized carbons (Fsp3) is 0.200. The number of aliphatic hydroxyl groups excluding tert-OH is 1. The molecule has 4 heteroatoms. The second-order valence-electron chi connectivity index (χ2n) is 4.59. The Morgan fingerprint density at radius 1 is 1.00 bits per heavy atom. The van der Waals surface area contributed by atoms with Gasteiger partial charge in [-0.3, -0.25) is 0 Å². The molecule has 0 radical (unpaired) electrons. The molecule has 0 fully saturated rings. The summed E-state index contributed by atoms with van der Waals surface area (Å²) in [6, 6.07) is 13.7. The third-order valence-electron chi connectivity index (χ3n) is 3.28. The van der Waals surface area contributed by atoms with E-state index in [4.69, 9.17) is 4.74 Å². The van der Waals surface area contributed by atoms with Crippen LogP contribution in [0.4, 0.5) is 0 Å². The number of rotatable bonds is 1. The van der Waals surface area contributed by atoms with Crippen molar-refractivity contribution < 1.29 is 9.84 Å². The fourth-order valence-corrected chi connectivity index (χ4v) is 2.90. The number of aliphatic hydroxyl groups is 1. The summed E-state index contributed by atoms with van der Waals surface area (Å²) in [5.41, 5.74) is 1.93. The zero-order valence-electron chi connectivity index (χ0n) is 10.0. The lowest BCUT2D eigenvalue weighted by atomic mass is 9.95. The monoisotopic (exact) mass is 382 g/mol. The third-order valence-corrected chi connectivity index (χ3v) is 4.30. The van der Waals surface area contributed by atoms with Crippen LogP contribution in [0.3, 0.4) is 0 Å². The molecule has 0 saturated heterocycles. The smallest absolute Gasteiger partial charge is 0.127 e. The van der Waals surface area contributed by atoms with Crippen LogP contribution in [0.15, 0.2) is 51.4 Å². The molecule has 1 unspecified atom stereocenters. The van der Waals surface area contributed by atoms with Gasteiger partial charge in [-0.1, -0.05) is 50.1 Å². The van der Waals surface area contributed by atoms with Crippen LogP contribution >= 0.6 is 31.9 Å². The minimum Gasteiger partial charge on any atom is -0.485 e. The molecule has 0 aliphatic carbocycles. The molecular formula is C15H12Br2O2. The molecule has 0 bridgehead atoms. The van der Waals surface area contributed by atoms with Gasteiger partial charge in [0.15, 0.2) is 0 Å². The van der Waals surface area contributed by atoms with Crippen LogP contribution in [0.25, 0.3) is 0 Å². The summed E-state index contributed by atoms with van der Waals surface area (Å²) in [5.74, 6) is 0.751. The van der Waals surface area contributed by atoms with Gasteiger partial charge in [0, 0.05) is 20.9 Å². The maximum Gasteiger partial charge on any atom is 0.127 e. The van der Waals surface area contributed by atoms with Gasteiger partial charge in [0.1, 0.15) is 11.9 Å². The van der Waals surface area contributed by atoms with Gasteiger partial charge in [-0.15, -0.1) is 0 Å². The Hall–Kier alpha value is -0.840. The van der Waals surface area contributed by atoms with Crippen LogP contribution in [0, 0.1) is 0 Å². The Kier molecular flexibility index (Phi) is 3.65. The molecule has 0 spiro atoms.